The molecular weight excluding hydrogens is 403 g/mol. The van der Waals surface area contributed by atoms with Gasteiger partial charge in [-0.2, -0.15) is 5.10 Å². The number of halogens is 3. The summed E-state index contributed by atoms with van der Waals surface area (Å²) in [5.74, 6) is 0. The summed E-state index contributed by atoms with van der Waals surface area (Å²) in [6.07, 6.45) is -0.0776. The molecule has 2 aromatic heterocycles. The van der Waals surface area contributed by atoms with E-state index in [1.807, 2.05) is 20.0 Å². The minimum absolute atomic E-state index is 0.501. The molecule has 0 fully saturated rings. The second kappa shape index (κ2) is 5.63. The van der Waals surface area contributed by atoms with Crippen molar-refractivity contribution in [3.8, 4) is 0 Å². The predicted molar refractivity (Wildman–Crippen MR) is 81.3 cm³/mol. The van der Waals surface area contributed by atoms with E-state index in [1.165, 1.54) is 11.3 Å². The lowest BCUT2D eigenvalue weighted by Crippen LogP contribution is -2.05. The van der Waals surface area contributed by atoms with Crippen LogP contribution in [0.3, 0.4) is 0 Å². The van der Waals surface area contributed by atoms with Crippen LogP contribution in [0.25, 0.3) is 0 Å². The maximum absolute atomic E-state index is 10.2. The molecule has 1 unspecified atom stereocenters. The van der Waals surface area contributed by atoms with Gasteiger partial charge in [-0.1, -0.05) is 11.6 Å². The average molecular weight is 415 g/mol. The quantitative estimate of drug-likeness (QED) is 0.816. The largest absolute Gasteiger partial charge is 0.387 e. The normalized spacial score (nSPS) is 13.0. The van der Waals surface area contributed by atoms with Crippen LogP contribution in [0, 0.1) is 6.92 Å². The van der Waals surface area contributed by atoms with Crippen LogP contribution in [0.2, 0.25) is 4.34 Å². The number of rotatable bonds is 3. The standard InChI is InChI=1S/C11H11Br2ClN2OS/c1-5-10(13)7(16(2)15-5)4-8(17)9-3-6(12)11(14)18-9/h3,8,17H,4H2,1-2H3. The Morgan fingerprint density at radius 1 is 1.56 bits per heavy atom. The van der Waals surface area contributed by atoms with Crippen LogP contribution in [0.4, 0.5) is 0 Å². The van der Waals surface area contributed by atoms with Crippen molar-refractivity contribution in [1.82, 2.24) is 9.78 Å². The van der Waals surface area contributed by atoms with E-state index < -0.39 is 6.10 Å². The molecule has 0 aromatic carbocycles. The third-order valence-corrected chi connectivity index (χ3v) is 6.25. The minimum atomic E-state index is -0.579. The van der Waals surface area contributed by atoms with E-state index in [1.54, 1.807) is 4.68 Å². The Morgan fingerprint density at radius 3 is 2.67 bits per heavy atom. The molecule has 0 radical (unpaired) electrons. The van der Waals surface area contributed by atoms with E-state index in [-0.39, 0.29) is 0 Å². The van der Waals surface area contributed by atoms with Crippen molar-refractivity contribution in [1.29, 1.82) is 0 Å². The summed E-state index contributed by atoms with van der Waals surface area (Å²) in [6, 6.07) is 1.86. The highest BCUT2D eigenvalue weighted by Gasteiger charge is 2.18. The first-order valence-electron chi connectivity index (χ1n) is 5.21. The maximum Gasteiger partial charge on any atom is 0.107 e. The van der Waals surface area contributed by atoms with Crippen LogP contribution in [-0.4, -0.2) is 14.9 Å². The second-order valence-electron chi connectivity index (χ2n) is 3.96. The molecule has 0 amide bonds. The summed E-state index contributed by atoms with van der Waals surface area (Å²) in [6.45, 7) is 1.93. The zero-order valence-electron chi connectivity index (χ0n) is 9.75. The van der Waals surface area contributed by atoms with Gasteiger partial charge in [-0.05, 0) is 44.8 Å². The molecule has 18 heavy (non-hydrogen) atoms. The van der Waals surface area contributed by atoms with Crippen molar-refractivity contribution >= 4 is 54.8 Å². The zero-order valence-corrected chi connectivity index (χ0v) is 14.5. The topological polar surface area (TPSA) is 38.0 Å². The molecule has 1 atom stereocenters. The van der Waals surface area contributed by atoms with Crippen molar-refractivity contribution < 1.29 is 5.11 Å². The van der Waals surface area contributed by atoms with Gasteiger partial charge in [-0.3, -0.25) is 4.68 Å². The van der Waals surface area contributed by atoms with Gasteiger partial charge in [-0.15, -0.1) is 11.3 Å². The van der Waals surface area contributed by atoms with Crippen molar-refractivity contribution in [2.24, 2.45) is 7.05 Å². The molecule has 98 valence electrons. The number of nitrogens with zero attached hydrogens (tertiary/aromatic N) is 2. The highest BCUT2D eigenvalue weighted by atomic mass is 79.9. The van der Waals surface area contributed by atoms with Crippen molar-refractivity contribution in [3.63, 3.8) is 0 Å². The first-order chi connectivity index (χ1) is 8.40. The van der Waals surface area contributed by atoms with Gasteiger partial charge in [0.25, 0.3) is 0 Å². The fourth-order valence-electron chi connectivity index (χ4n) is 1.71. The molecule has 0 spiro atoms. The Bertz CT molecular complexity index is 562. The third kappa shape index (κ3) is 2.82. The number of hydrogen-bond acceptors (Lipinski definition) is 3. The van der Waals surface area contributed by atoms with Gasteiger partial charge < -0.3 is 5.11 Å². The summed E-state index contributed by atoms with van der Waals surface area (Å²) < 4.78 is 4.21. The van der Waals surface area contributed by atoms with E-state index in [9.17, 15) is 5.11 Å². The number of aryl methyl sites for hydroxylation is 2. The lowest BCUT2D eigenvalue weighted by atomic mass is 10.1. The first kappa shape index (κ1) is 14.5. The molecule has 3 nitrogen and oxygen atoms in total. The van der Waals surface area contributed by atoms with Crippen LogP contribution in [0.5, 0.6) is 0 Å². The first-order valence-corrected chi connectivity index (χ1v) is 7.99. The number of aliphatic hydroxyl groups excluding tert-OH is 1. The molecule has 7 heteroatoms. The SMILES string of the molecule is Cc1nn(C)c(CC(O)c2cc(Br)c(Cl)s2)c1Br. The van der Waals surface area contributed by atoms with Gasteiger partial charge in [0.2, 0.25) is 0 Å². The Kier molecular flexibility index (Phi) is 4.54. The smallest absolute Gasteiger partial charge is 0.107 e. The lowest BCUT2D eigenvalue weighted by molar-refractivity contribution is 0.179. The third-order valence-electron chi connectivity index (χ3n) is 2.64. The Labute approximate surface area is 131 Å². The van der Waals surface area contributed by atoms with Crippen LogP contribution < -0.4 is 0 Å². The Hall–Kier alpha value is 0.120. The summed E-state index contributed by atoms with van der Waals surface area (Å²) in [5, 5.41) is 14.5. The summed E-state index contributed by atoms with van der Waals surface area (Å²) in [5.41, 5.74) is 1.89. The second-order valence-corrected chi connectivity index (χ2v) is 7.29. The number of aliphatic hydroxyl groups is 1. The van der Waals surface area contributed by atoms with E-state index in [0.717, 1.165) is 25.2 Å². The maximum atomic E-state index is 10.2. The molecule has 0 aliphatic carbocycles. The molecule has 0 saturated heterocycles. The molecule has 1 N–H and O–H groups in total. The number of hydrogen-bond donors (Lipinski definition) is 1. The van der Waals surface area contributed by atoms with Gasteiger partial charge in [0.15, 0.2) is 0 Å². The van der Waals surface area contributed by atoms with Crippen molar-refractivity contribution in [2.45, 2.75) is 19.4 Å². The van der Waals surface area contributed by atoms with Gasteiger partial charge >= 0.3 is 0 Å². The highest BCUT2D eigenvalue weighted by Crippen LogP contribution is 2.36. The van der Waals surface area contributed by atoms with E-state index in [0.29, 0.717) is 10.8 Å². The number of aromatic nitrogens is 2. The summed E-state index contributed by atoms with van der Waals surface area (Å²) >= 11 is 14.2. The minimum Gasteiger partial charge on any atom is -0.387 e. The van der Waals surface area contributed by atoms with Crippen molar-refractivity contribution in [2.75, 3.05) is 0 Å². The Balaban J connectivity index is 2.23. The van der Waals surface area contributed by atoms with Crippen LogP contribution in [0.1, 0.15) is 22.4 Å². The fourth-order valence-corrected chi connectivity index (χ4v) is 3.93. The van der Waals surface area contributed by atoms with Crippen LogP contribution >= 0.6 is 54.8 Å². The van der Waals surface area contributed by atoms with Gasteiger partial charge in [0.05, 0.1) is 22.0 Å². The molecule has 0 aliphatic rings. The van der Waals surface area contributed by atoms with E-state index >= 15 is 0 Å². The van der Waals surface area contributed by atoms with E-state index in [4.69, 9.17) is 11.6 Å². The molecule has 0 saturated carbocycles. The molecule has 2 rings (SSSR count). The lowest BCUT2D eigenvalue weighted by Gasteiger charge is -2.09. The average Bonchev–Trinajstić information content (AvgIpc) is 2.75. The molecule has 0 aliphatic heterocycles. The van der Waals surface area contributed by atoms with Gasteiger partial charge in [-0.25, -0.2) is 0 Å². The zero-order chi connectivity index (χ0) is 13.4. The van der Waals surface area contributed by atoms with E-state index in [2.05, 4.69) is 37.0 Å². The summed E-state index contributed by atoms with van der Waals surface area (Å²) in [4.78, 5) is 0.845. The number of thiophene rings is 1. The molecular formula is C11H11Br2ClN2OS. The summed E-state index contributed by atoms with van der Waals surface area (Å²) in [7, 11) is 1.87. The monoisotopic (exact) mass is 412 g/mol. The predicted octanol–water partition coefficient (Wildman–Crippen LogP) is 4.24. The molecule has 2 aromatic rings. The van der Waals surface area contributed by atoms with Crippen LogP contribution in [-0.2, 0) is 13.5 Å². The van der Waals surface area contributed by atoms with Gasteiger partial charge in [0.1, 0.15) is 4.34 Å². The molecule has 0 bridgehead atoms. The van der Waals surface area contributed by atoms with Crippen LogP contribution in [0.15, 0.2) is 15.0 Å². The van der Waals surface area contributed by atoms with Crippen molar-refractivity contribution in [3.05, 3.63) is 35.6 Å². The van der Waals surface area contributed by atoms with Gasteiger partial charge in [0, 0.05) is 22.8 Å². The fraction of sp³-hybridized carbons (Fsp3) is 0.364. The molecule has 2 heterocycles. The highest BCUT2D eigenvalue weighted by molar-refractivity contribution is 9.11. The Morgan fingerprint density at radius 2 is 2.22 bits per heavy atom.